The molecule has 0 saturated carbocycles. The van der Waals surface area contributed by atoms with E-state index in [-0.39, 0.29) is 17.6 Å². The molecule has 6 heteroatoms. The highest BCUT2D eigenvalue weighted by atomic mass is 32.1. The van der Waals surface area contributed by atoms with Crippen molar-refractivity contribution >= 4 is 27.3 Å². The smallest absolute Gasteiger partial charge is 0.156 e. The van der Waals surface area contributed by atoms with Crippen molar-refractivity contribution in [2.75, 3.05) is 19.8 Å². The third-order valence-corrected chi connectivity index (χ3v) is 5.85. The molecule has 0 N–H and O–H groups in total. The molecule has 1 aromatic carbocycles. The number of nitrogens with zero attached hydrogens (tertiary/aromatic N) is 2. The lowest BCUT2D eigenvalue weighted by Gasteiger charge is -2.46. The maximum absolute atomic E-state index is 13.7. The molecule has 0 unspecified atom stereocenters. The zero-order valence-electron chi connectivity index (χ0n) is 12.8. The summed E-state index contributed by atoms with van der Waals surface area (Å²) >= 11 is 1.42. The molecule has 23 heavy (non-hydrogen) atoms. The molecule has 4 nitrogen and oxygen atoms in total. The number of thiazole rings is 1. The van der Waals surface area contributed by atoms with Crippen LogP contribution in [0, 0.1) is 5.82 Å². The van der Waals surface area contributed by atoms with Crippen molar-refractivity contribution in [3.8, 4) is 0 Å². The highest BCUT2D eigenvalue weighted by Crippen LogP contribution is 2.29. The first-order valence-electron chi connectivity index (χ1n) is 8.12. The summed E-state index contributed by atoms with van der Waals surface area (Å²) in [6.07, 6.45) is 3.25. The predicted octanol–water partition coefficient (Wildman–Crippen LogP) is 2.80. The van der Waals surface area contributed by atoms with Crippen LogP contribution in [0.25, 0.3) is 10.2 Å². The molecule has 0 amide bonds. The Bertz CT molecular complexity index is 726. The van der Waals surface area contributed by atoms with Gasteiger partial charge in [-0.25, -0.2) is 9.37 Å². The molecule has 3 heterocycles. The van der Waals surface area contributed by atoms with Gasteiger partial charge in [-0.05, 0) is 31.4 Å². The van der Waals surface area contributed by atoms with E-state index in [2.05, 4.69) is 9.88 Å². The topological polar surface area (TPSA) is 42.4 Å². The van der Waals surface area contributed by atoms with Crippen molar-refractivity contribution < 1.29 is 13.9 Å². The van der Waals surface area contributed by atoms with Crippen molar-refractivity contribution in [1.29, 1.82) is 0 Å². The summed E-state index contributed by atoms with van der Waals surface area (Å²) < 4.78 is 19.9. The van der Waals surface area contributed by atoms with Crippen LogP contribution in [0.3, 0.4) is 0 Å². The first-order valence-corrected chi connectivity index (χ1v) is 8.94. The molecule has 0 aliphatic carbocycles. The van der Waals surface area contributed by atoms with Crippen LogP contribution in [0.2, 0.25) is 0 Å². The monoisotopic (exact) mass is 334 g/mol. The maximum atomic E-state index is 13.7. The van der Waals surface area contributed by atoms with Gasteiger partial charge < -0.3 is 4.74 Å². The SMILES string of the molecule is O=C(Cc1nc2c(F)cccc2s1)[C@@H]1CCN1C1CCOCC1. The van der Waals surface area contributed by atoms with Gasteiger partial charge >= 0.3 is 0 Å². The molecule has 1 aromatic heterocycles. The molecule has 2 aliphatic heterocycles. The quantitative estimate of drug-likeness (QED) is 0.862. The van der Waals surface area contributed by atoms with Crippen LogP contribution in [0.1, 0.15) is 24.3 Å². The number of ketones is 1. The number of carbonyl (C=O) groups excluding carboxylic acids is 1. The number of para-hydroxylation sites is 1. The van der Waals surface area contributed by atoms with Crippen molar-refractivity contribution in [3.63, 3.8) is 0 Å². The number of aromatic nitrogens is 1. The third-order valence-electron chi connectivity index (χ3n) is 4.83. The number of ether oxygens (including phenoxy) is 1. The lowest BCUT2D eigenvalue weighted by Crippen LogP contribution is -2.58. The Kier molecular flexibility index (Phi) is 4.13. The van der Waals surface area contributed by atoms with E-state index >= 15 is 0 Å². The van der Waals surface area contributed by atoms with Gasteiger partial charge in [-0.2, -0.15) is 0 Å². The Morgan fingerprint density at radius 2 is 2.17 bits per heavy atom. The van der Waals surface area contributed by atoms with Crippen molar-refractivity contribution in [2.45, 2.75) is 37.8 Å². The minimum Gasteiger partial charge on any atom is -0.381 e. The normalized spacial score (nSPS) is 23.1. The lowest BCUT2D eigenvalue weighted by atomic mass is 9.91. The van der Waals surface area contributed by atoms with Crippen LogP contribution in [0.15, 0.2) is 18.2 Å². The number of halogens is 1. The molecule has 2 fully saturated rings. The van der Waals surface area contributed by atoms with Gasteiger partial charge in [-0.3, -0.25) is 9.69 Å². The molecule has 2 aromatic rings. The molecule has 4 rings (SSSR count). The molecule has 2 aliphatic rings. The highest BCUT2D eigenvalue weighted by molar-refractivity contribution is 7.18. The summed E-state index contributed by atoms with van der Waals surface area (Å²) in [5.41, 5.74) is 0.384. The molecule has 122 valence electrons. The average molecular weight is 334 g/mol. The van der Waals surface area contributed by atoms with Gasteiger partial charge in [0.15, 0.2) is 5.78 Å². The van der Waals surface area contributed by atoms with Gasteiger partial charge in [-0.15, -0.1) is 11.3 Å². The van der Waals surface area contributed by atoms with Gasteiger partial charge in [0.25, 0.3) is 0 Å². The first kappa shape index (κ1) is 15.2. The Morgan fingerprint density at radius 1 is 1.35 bits per heavy atom. The molecule has 0 bridgehead atoms. The second-order valence-corrected chi connectivity index (χ2v) is 7.34. The van der Waals surface area contributed by atoms with E-state index in [4.69, 9.17) is 4.74 Å². The van der Waals surface area contributed by atoms with E-state index in [1.807, 2.05) is 6.07 Å². The molecule has 0 spiro atoms. The number of carbonyl (C=O) groups is 1. The fraction of sp³-hybridized carbons (Fsp3) is 0.529. The summed E-state index contributed by atoms with van der Waals surface area (Å²) in [4.78, 5) is 19.2. The van der Waals surface area contributed by atoms with Crippen molar-refractivity contribution in [1.82, 2.24) is 9.88 Å². The maximum Gasteiger partial charge on any atom is 0.156 e. The molecule has 2 saturated heterocycles. The molecular weight excluding hydrogens is 315 g/mol. The van der Waals surface area contributed by atoms with Gasteiger partial charge in [-0.1, -0.05) is 6.07 Å². The number of Topliss-reactive ketones (excluding diaryl/α,β-unsaturated/α-hetero) is 1. The van der Waals surface area contributed by atoms with Gasteiger partial charge in [0.2, 0.25) is 0 Å². The van der Waals surface area contributed by atoms with E-state index in [1.165, 1.54) is 17.4 Å². The largest absolute Gasteiger partial charge is 0.381 e. The Morgan fingerprint density at radius 3 is 2.87 bits per heavy atom. The van der Waals surface area contributed by atoms with Gasteiger partial charge in [0.05, 0.1) is 17.2 Å². The van der Waals surface area contributed by atoms with Crippen molar-refractivity contribution in [3.05, 3.63) is 29.0 Å². The number of hydrogen-bond acceptors (Lipinski definition) is 5. The number of likely N-dealkylation sites (tertiary alicyclic amines) is 1. The minimum absolute atomic E-state index is 0.00922. The fourth-order valence-electron chi connectivity index (χ4n) is 3.51. The summed E-state index contributed by atoms with van der Waals surface area (Å²) in [5.74, 6) is -0.105. The Labute approximate surface area is 138 Å². The molecule has 0 radical (unpaired) electrons. The molecular formula is C17H19FN2O2S. The lowest BCUT2D eigenvalue weighted by molar-refractivity contribution is -0.131. The second kappa shape index (κ2) is 6.26. The van der Waals surface area contributed by atoms with Crippen LogP contribution in [-0.4, -0.2) is 47.5 Å². The minimum atomic E-state index is -0.315. The highest BCUT2D eigenvalue weighted by Gasteiger charge is 2.38. The van der Waals surface area contributed by atoms with E-state index in [0.29, 0.717) is 23.0 Å². The number of benzene rings is 1. The molecule has 1 atom stereocenters. The van der Waals surface area contributed by atoms with Crippen LogP contribution in [0.4, 0.5) is 4.39 Å². The predicted molar refractivity (Wildman–Crippen MR) is 87.2 cm³/mol. The average Bonchev–Trinajstić information content (AvgIpc) is 2.91. The van der Waals surface area contributed by atoms with Crippen LogP contribution >= 0.6 is 11.3 Å². The fourth-order valence-corrected chi connectivity index (χ4v) is 4.50. The van der Waals surface area contributed by atoms with E-state index in [0.717, 1.165) is 43.7 Å². The van der Waals surface area contributed by atoms with Crippen LogP contribution in [-0.2, 0) is 16.0 Å². The second-order valence-electron chi connectivity index (χ2n) is 6.22. The van der Waals surface area contributed by atoms with E-state index in [1.54, 1.807) is 6.07 Å². The summed E-state index contributed by atoms with van der Waals surface area (Å²) in [7, 11) is 0. The van der Waals surface area contributed by atoms with Gasteiger partial charge in [0.1, 0.15) is 16.3 Å². The number of rotatable bonds is 4. The zero-order valence-corrected chi connectivity index (χ0v) is 13.7. The van der Waals surface area contributed by atoms with E-state index < -0.39 is 0 Å². The van der Waals surface area contributed by atoms with Crippen molar-refractivity contribution in [2.24, 2.45) is 0 Å². The Hall–Kier alpha value is -1.37. The standard InChI is InChI=1S/C17H19FN2O2S/c18-12-2-1-3-15-17(12)19-16(23-15)10-14(21)13-4-7-20(13)11-5-8-22-9-6-11/h1-3,11,13H,4-10H2/t13-/m0/s1. The van der Waals surface area contributed by atoms with Crippen LogP contribution < -0.4 is 0 Å². The number of fused-ring (bicyclic) bond motifs is 1. The van der Waals surface area contributed by atoms with Crippen LogP contribution in [0.5, 0.6) is 0 Å². The summed E-state index contributed by atoms with van der Waals surface area (Å²) in [6.45, 7) is 2.58. The Balaban J connectivity index is 1.45. The summed E-state index contributed by atoms with van der Waals surface area (Å²) in [6, 6.07) is 5.42. The third kappa shape index (κ3) is 2.91. The van der Waals surface area contributed by atoms with E-state index in [9.17, 15) is 9.18 Å². The zero-order chi connectivity index (χ0) is 15.8. The summed E-state index contributed by atoms with van der Waals surface area (Å²) in [5, 5.41) is 0.717. The first-order chi connectivity index (χ1) is 11.2. The number of hydrogen-bond donors (Lipinski definition) is 0. The van der Waals surface area contributed by atoms with Gasteiger partial charge in [0, 0.05) is 25.8 Å².